The fraction of sp³-hybridized carbons (Fsp3) is 0.848. The molecule has 5 aliphatic carbocycles. The molecule has 0 aliphatic heterocycles. The van der Waals surface area contributed by atoms with Crippen LogP contribution < -0.4 is 5.32 Å². The summed E-state index contributed by atoms with van der Waals surface area (Å²) >= 11 is 0. The minimum absolute atomic E-state index is 0.0294. The molecule has 0 aromatic heterocycles. The largest absolute Gasteiger partial charge is 0.353 e. The van der Waals surface area contributed by atoms with Crippen molar-refractivity contribution in [3.8, 4) is 0 Å². The summed E-state index contributed by atoms with van der Waals surface area (Å²) in [6, 6.07) is 0.135. The Morgan fingerprint density at radius 2 is 1.59 bits per heavy atom. The van der Waals surface area contributed by atoms with E-state index in [2.05, 4.69) is 46.9 Å². The van der Waals surface area contributed by atoms with Gasteiger partial charge in [-0.1, -0.05) is 54.0 Å². The second kappa shape index (κ2) is 8.66. The summed E-state index contributed by atoms with van der Waals surface area (Å²) in [4.78, 5) is 39.6. The third kappa shape index (κ3) is 3.78. The lowest BCUT2D eigenvalue weighted by Crippen LogP contribution is -2.67. The maximum Gasteiger partial charge on any atom is 0.251 e. The van der Waals surface area contributed by atoms with Gasteiger partial charge in [0.2, 0.25) is 5.91 Å². The van der Waals surface area contributed by atoms with Crippen LogP contribution in [0, 0.1) is 50.2 Å². The highest BCUT2D eigenvalue weighted by Crippen LogP contribution is 2.75. The van der Waals surface area contributed by atoms with Crippen LogP contribution in [0.4, 0.5) is 0 Å². The summed E-state index contributed by atoms with van der Waals surface area (Å²) in [5.41, 5.74) is 0.278. The molecule has 0 radical (unpaired) electrons. The van der Waals surface area contributed by atoms with Crippen molar-refractivity contribution in [1.82, 2.24) is 10.4 Å². The van der Waals surface area contributed by atoms with Crippen LogP contribution in [0.15, 0.2) is 11.6 Å². The molecular weight excluding hydrogens is 488 g/mol. The Bertz CT molecular complexity index is 1130. The van der Waals surface area contributed by atoms with Gasteiger partial charge in [-0.05, 0) is 103 Å². The molecule has 6 nitrogen and oxygen atoms in total. The highest BCUT2D eigenvalue weighted by Gasteiger charge is 2.70. The number of carbonyl (C=O) groups is 3. The van der Waals surface area contributed by atoms with E-state index >= 15 is 0 Å². The summed E-state index contributed by atoms with van der Waals surface area (Å²) in [5, 5.41) is 14.1. The van der Waals surface area contributed by atoms with Crippen molar-refractivity contribution in [2.45, 2.75) is 119 Å². The van der Waals surface area contributed by atoms with Gasteiger partial charge < -0.3 is 5.32 Å². The normalized spacial score (nSPS) is 48.5. The van der Waals surface area contributed by atoms with Gasteiger partial charge in [-0.3, -0.25) is 19.6 Å². The number of hydrogen-bond acceptors (Lipinski definition) is 4. The van der Waals surface area contributed by atoms with Gasteiger partial charge in [0.15, 0.2) is 5.78 Å². The number of hydrogen-bond donors (Lipinski definition) is 2. The van der Waals surface area contributed by atoms with Crippen molar-refractivity contribution >= 4 is 17.6 Å². The number of carbonyl (C=O) groups excluding carboxylic acids is 3. The minimum atomic E-state index is -0.622. The second-order valence-corrected chi connectivity index (χ2v) is 16.2. The Morgan fingerprint density at radius 1 is 0.949 bits per heavy atom. The number of nitrogens with one attached hydrogen (secondary N) is 1. The van der Waals surface area contributed by atoms with Crippen molar-refractivity contribution in [3.63, 3.8) is 0 Å². The van der Waals surface area contributed by atoms with Crippen LogP contribution in [0.2, 0.25) is 0 Å². The fourth-order valence-corrected chi connectivity index (χ4v) is 11.3. The molecule has 9 atom stereocenters. The van der Waals surface area contributed by atoms with E-state index in [-0.39, 0.29) is 62.6 Å². The topological polar surface area (TPSA) is 86.7 Å². The van der Waals surface area contributed by atoms with Gasteiger partial charge in [-0.15, -0.1) is 0 Å². The molecule has 5 aliphatic rings. The van der Waals surface area contributed by atoms with Crippen LogP contribution in [0.3, 0.4) is 0 Å². The van der Waals surface area contributed by atoms with Gasteiger partial charge in [0.25, 0.3) is 5.91 Å². The van der Waals surface area contributed by atoms with E-state index in [1.165, 1.54) is 12.6 Å². The lowest BCUT2D eigenvalue weighted by molar-refractivity contribution is -0.191. The predicted molar refractivity (Wildman–Crippen MR) is 152 cm³/mol. The molecule has 0 saturated heterocycles. The van der Waals surface area contributed by atoms with E-state index in [1.54, 1.807) is 6.92 Å². The Balaban J connectivity index is 1.57. The van der Waals surface area contributed by atoms with Crippen molar-refractivity contribution in [2.24, 2.45) is 50.2 Å². The standard InChI is InChI=1S/C33H52N2O4/c1-20(36)34-25-11-12-31(6)24(28(25,2)3)10-13-33(8)26(31)23(37)18-21-22-19-30(5,27(38)35(9)39)15-14-29(22,4)16-17-32(21,33)7/h18,22,24-26,39H,10-17,19H2,1-9H3,(H,34,36)/t22-,24-,25-,26+,29+,30-,31-,32+,33+/m0/s1. The van der Waals surface area contributed by atoms with Crippen LogP contribution in [-0.2, 0) is 14.4 Å². The molecular formula is C33H52N2O4. The van der Waals surface area contributed by atoms with E-state index < -0.39 is 5.41 Å². The summed E-state index contributed by atoms with van der Waals surface area (Å²) in [5.74, 6) is 0.586. The van der Waals surface area contributed by atoms with Crippen LogP contribution in [0.5, 0.6) is 0 Å². The molecule has 0 unspecified atom stereocenters. The number of nitrogens with zero attached hydrogens (tertiary/aromatic N) is 1. The smallest absolute Gasteiger partial charge is 0.251 e. The van der Waals surface area contributed by atoms with Crippen molar-refractivity contribution < 1.29 is 19.6 Å². The number of rotatable bonds is 2. The van der Waals surface area contributed by atoms with Crippen LogP contribution >= 0.6 is 0 Å². The zero-order valence-corrected chi connectivity index (χ0v) is 25.9. The zero-order chi connectivity index (χ0) is 29.0. The third-order valence-corrected chi connectivity index (χ3v) is 13.8. The Kier molecular flexibility index (Phi) is 6.40. The van der Waals surface area contributed by atoms with Crippen molar-refractivity contribution in [1.29, 1.82) is 0 Å². The number of amides is 2. The summed E-state index contributed by atoms with van der Waals surface area (Å²) in [7, 11) is 1.43. The minimum Gasteiger partial charge on any atom is -0.353 e. The van der Waals surface area contributed by atoms with Gasteiger partial charge >= 0.3 is 0 Å². The number of ketones is 1. The molecule has 4 fully saturated rings. The Hall–Kier alpha value is -1.69. The molecule has 218 valence electrons. The van der Waals surface area contributed by atoms with Gasteiger partial charge in [0, 0.05) is 31.3 Å². The first kappa shape index (κ1) is 28.8. The molecule has 0 heterocycles. The molecule has 5 rings (SSSR count). The maximum atomic E-state index is 14.5. The average molecular weight is 541 g/mol. The number of hydroxylamine groups is 2. The van der Waals surface area contributed by atoms with Gasteiger partial charge in [-0.25, -0.2) is 5.06 Å². The maximum absolute atomic E-state index is 14.5. The summed E-state index contributed by atoms with van der Waals surface area (Å²) < 4.78 is 0. The van der Waals surface area contributed by atoms with Crippen molar-refractivity contribution in [3.05, 3.63) is 11.6 Å². The first-order chi connectivity index (χ1) is 17.9. The predicted octanol–water partition coefficient (Wildman–Crippen LogP) is 6.32. The lowest BCUT2D eigenvalue weighted by Gasteiger charge is -2.70. The van der Waals surface area contributed by atoms with Crippen LogP contribution in [-0.4, -0.2) is 41.0 Å². The zero-order valence-electron chi connectivity index (χ0n) is 25.9. The molecule has 0 bridgehead atoms. The highest BCUT2D eigenvalue weighted by atomic mass is 16.5. The quantitative estimate of drug-likeness (QED) is 0.317. The van der Waals surface area contributed by atoms with E-state index in [4.69, 9.17) is 0 Å². The average Bonchev–Trinajstić information content (AvgIpc) is 2.82. The summed E-state index contributed by atoms with van der Waals surface area (Å²) in [6.07, 6.45) is 10.6. The molecule has 39 heavy (non-hydrogen) atoms. The van der Waals surface area contributed by atoms with E-state index in [0.29, 0.717) is 12.3 Å². The number of fused-ring (bicyclic) bond motifs is 7. The summed E-state index contributed by atoms with van der Waals surface area (Å²) in [6.45, 7) is 17.8. The van der Waals surface area contributed by atoms with E-state index in [0.717, 1.165) is 56.4 Å². The second-order valence-electron chi connectivity index (χ2n) is 16.2. The molecule has 0 aromatic rings. The van der Waals surface area contributed by atoms with Crippen LogP contribution in [0.25, 0.3) is 0 Å². The first-order valence-electron chi connectivity index (χ1n) is 15.4. The first-order valence-corrected chi connectivity index (χ1v) is 15.4. The fourth-order valence-electron chi connectivity index (χ4n) is 11.3. The number of allylic oxidation sites excluding steroid dienone is 2. The van der Waals surface area contributed by atoms with Gasteiger partial charge in [0.05, 0.1) is 0 Å². The van der Waals surface area contributed by atoms with E-state index in [9.17, 15) is 19.6 Å². The van der Waals surface area contributed by atoms with Crippen molar-refractivity contribution in [2.75, 3.05) is 7.05 Å². The molecule has 2 amide bonds. The molecule has 0 aromatic carbocycles. The Morgan fingerprint density at radius 3 is 2.21 bits per heavy atom. The SMILES string of the molecule is CC(=O)N[C@H]1CC[C@]2(C)[C@H]3C(=O)C=C4[C@@H]5C[C@@](C)(C(=O)N(C)O)CC[C@]5(C)CC[C@@]4(C)[C@]3(C)CC[C@H]2C1(C)C. The van der Waals surface area contributed by atoms with Gasteiger partial charge in [0.1, 0.15) is 0 Å². The third-order valence-electron chi connectivity index (χ3n) is 13.8. The van der Waals surface area contributed by atoms with E-state index in [1.807, 2.05) is 13.0 Å². The molecule has 0 spiro atoms. The molecule has 4 saturated carbocycles. The Labute approximate surface area is 235 Å². The lowest BCUT2D eigenvalue weighted by atomic mass is 9.33. The monoisotopic (exact) mass is 540 g/mol. The molecule has 2 N–H and O–H groups in total. The van der Waals surface area contributed by atoms with Crippen LogP contribution in [0.1, 0.15) is 113 Å². The highest BCUT2D eigenvalue weighted by molar-refractivity contribution is 5.95. The molecule has 6 heteroatoms. The van der Waals surface area contributed by atoms with Gasteiger partial charge in [-0.2, -0.15) is 0 Å².